The van der Waals surface area contributed by atoms with Crippen molar-refractivity contribution >= 4 is 26.6 Å². The first-order chi connectivity index (χ1) is 11.0. The summed E-state index contributed by atoms with van der Waals surface area (Å²) in [5.74, 6) is -0.383. The van der Waals surface area contributed by atoms with E-state index >= 15 is 0 Å². The average molecular weight is 331 g/mol. The van der Waals surface area contributed by atoms with E-state index in [0.717, 1.165) is 23.2 Å². The minimum absolute atomic E-state index is 0.107. The number of para-hydroxylation sites is 1. The number of nitrogens with one attached hydrogen (secondary N) is 1. The monoisotopic (exact) mass is 331 g/mol. The lowest BCUT2D eigenvalue weighted by Crippen LogP contribution is -2.14. The van der Waals surface area contributed by atoms with Crippen molar-refractivity contribution in [3.63, 3.8) is 0 Å². The Bertz CT molecular complexity index is 973. The molecule has 0 amide bonds. The first-order valence-corrected chi connectivity index (χ1v) is 8.08. The summed E-state index contributed by atoms with van der Waals surface area (Å²) in [4.78, 5) is 7.69. The van der Waals surface area contributed by atoms with Crippen molar-refractivity contribution in [2.45, 2.75) is 4.90 Å². The van der Waals surface area contributed by atoms with Gasteiger partial charge in [-0.1, -0.05) is 18.2 Å². The number of sulfonamides is 1. The van der Waals surface area contributed by atoms with Gasteiger partial charge < -0.3 is 9.84 Å². The molecule has 0 atom stereocenters. The summed E-state index contributed by atoms with van der Waals surface area (Å²) in [7, 11) is -2.68. The van der Waals surface area contributed by atoms with Gasteiger partial charge in [0, 0.05) is 11.5 Å². The number of anilines is 1. The molecule has 0 bridgehead atoms. The SMILES string of the molecule is COc1ncc(O)cc1S(=O)(=O)Nc1cnc2ccccc2c1. The summed E-state index contributed by atoms with van der Waals surface area (Å²) < 4.78 is 32.3. The van der Waals surface area contributed by atoms with Crippen LogP contribution in [-0.4, -0.2) is 30.6 Å². The number of nitrogens with zero attached hydrogens (tertiary/aromatic N) is 2. The van der Waals surface area contributed by atoms with E-state index in [9.17, 15) is 13.5 Å². The van der Waals surface area contributed by atoms with Gasteiger partial charge in [0.05, 0.1) is 30.7 Å². The number of fused-ring (bicyclic) bond motifs is 1. The highest BCUT2D eigenvalue weighted by atomic mass is 32.2. The minimum Gasteiger partial charge on any atom is -0.506 e. The smallest absolute Gasteiger partial charge is 0.267 e. The maximum atomic E-state index is 12.5. The van der Waals surface area contributed by atoms with E-state index in [1.54, 1.807) is 6.07 Å². The highest BCUT2D eigenvalue weighted by Crippen LogP contribution is 2.27. The Labute approximate surface area is 132 Å². The number of benzene rings is 1. The molecular weight excluding hydrogens is 318 g/mol. The van der Waals surface area contributed by atoms with Gasteiger partial charge in [-0.15, -0.1) is 0 Å². The lowest BCUT2D eigenvalue weighted by atomic mass is 10.2. The Kier molecular flexibility index (Phi) is 3.75. The highest BCUT2D eigenvalue weighted by Gasteiger charge is 2.22. The summed E-state index contributed by atoms with van der Waals surface area (Å²) in [6, 6.07) is 10.1. The highest BCUT2D eigenvalue weighted by molar-refractivity contribution is 7.92. The van der Waals surface area contributed by atoms with E-state index < -0.39 is 10.0 Å². The molecule has 1 aromatic carbocycles. The second-order valence-corrected chi connectivity index (χ2v) is 6.37. The van der Waals surface area contributed by atoms with Gasteiger partial charge in [-0.05, 0) is 12.1 Å². The zero-order valence-corrected chi connectivity index (χ0v) is 12.9. The average Bonchev–Trinajstić information content (AvgIpc) is 2.54. The number of ether oxygens (including phenoxy) is 1. The van der Waals surface area contributed by atoms with Crippen LogP contribution in [0.4, 0.5) is 5.69 Å². The fourth-order valence-electron chi connectivity index (χ4n) is 2.10. The third-order valence-corrected chi connectivity index (χ3v) is 4.51. The predicted octanol–water partition coefficient (Wildman–Crippen LogP) is 2.14. The molecule has 0 radical (unpaired) electrons. The van der Waals surface area contributed by atoms with Crippen LogP contribution in [0, 0.1) is 0 Å². The molecular formula is C15H13N3O4S. The van der Waals surface area contributed by atoms with Crippen molar-refractivity contribution in [1.82, 2.24) is 9.97 Å². The number of pyridine rings is 2. The van der Waals surface area contributed by atoms with Crippen molar-refractivity contribution < 1.29 is 18.3 Å². The molecule has 118 valence electrons. The normalized spacial score (nSPS) is 11.3. The number of hydrogen-bond donors (Lipinski definition) is 2. The maximum absolute atomic E-state index is 12.5. The van der Waals surface area contributed by atoms with Gasteiger partial charge in [0.2, 0.25) is 5.88 Å². The van der Waals surface area contributed by atoms with Crippen molar-refractivity contribution in [1.29, 1.82) is 0 Å². The second-order valence-electron chi connectivity index (χ2n) is 4.72. The third-order valence-electron chi connectivity index (χ3n) is 3.13. The van der Waals surface area contributed by atoms with Crippen LogP contribution in [0.2, 0.25) is 0 Å². The van der Waals surface area contributed by atoms with Gasteiger partial charge in [0.15, 0.2) is 4.90 Å². The fraction of sp³-hybridized carbons (Fsp3) is 0.0667. The Morgan fingerprint density at radius 3 is 2.70 bits per heavy atom. The van der Waals surface area contributed by atoms with E-state index in [4.69, 9.17) is 4.74 Å². The summed E-state index contributed by atoms with van der Waals surface area (Å²) in [5.41, 5.74) is 1.06. The number of aromatic nitrogens is 2. The molecule has 0 spiro atoms. The summed E-state index contributed by atoms with van der Waals surface area (Å²) in [6.07, 6.45) is 2.53. The fourth-order valence-corrected chi connectivity index (χ4v) is 3.28. The molecule has 23 heavy (non-hydrogen) atoms. The van der Waals surface area contributed by atoms with Gasteiger partial charge in [-0.2, -0.15) is 0 Å². The molecule has 7 nitrogen and oxygen atoms in total. The van der Waals surface area contributed by atoms with Crippen LogP contribution in [0.15, 0.2) is 53.7 Å². The van der Waals surface area contributed by atoms with E-state index in [2.05, 4.69) is 14.7 Å². The van der Waals surface area contributed by atoms with E-state index in [1.165, 1.54) is 13.3 Å². The molecule has 0 fully saturated rings. The molecule has 0 aliphatic rings. The number of hydrogen-bond acceptors (Lipinski definition) is 6. The van der Waals surface area contributed by atoms with Crippen LogP contribution >= 0.6 is 0 Å². The summed E-state index contributed by atoms with van der Waals surface area (Å²) >= 11 is 0. The lowest BCUT2D eigenvalue weighted by Gasteiger charge is -2.11. The zero-order chi connectivity index (χ0) is 16.4. The second kappa shape index (κ2) is 5.73. The van der Waals surface area contributed by atoms with Crippen LogP contribution in [0.1, 0.15) is 0 Å². The molecule has 8 heteroatoms. The van der Waals surface area contributed by atoms with Crippen LogP contribution in [0.3, 0.4) is 0 Å². The number of aromatic hydroxyl groups is 1. The Morgan fingerprint density at radius 1 is 1.13 bits per heavy atom. The van der Waals surface area contributed by atoms with Crippen LogP contribution in [0.5, 0.6) is 11.6 Å². The van der Waals surface area contributed by atoms with Crippen molar-refractivity contribution in [2.24, 2.45) is 0 Å². The molecule has 2 N–H and O–H groups in total. The molecule has 0 unspecified atom stereocenters. The van der Waals surface area contributed by atoms with Crippen molar-refractivity contribution in [3.05, 3.63) is 48.8 Å². The molecule has 3 rings (SSSR count). The van der Waals surface area contributed by atoms with Gasteiger partial charge >= 0.3 is 0 Å². The first-order valence-electron chi connectivity index (χ1n) is 6.60. The standard InChI is InChI=1S/C15H13N3O4S/c1-22-15-14(7-12(19)9-17-15)23(20,21)18-11-6-10-4-2-3-5-13(10)16-8-11/h2-9,18-19H,1H3. The number of methoxy groups -OCH3 is 1. The van der Waals surface area contributed by atoms with Gasteiger partial charge in [0.1, 0.15) is 5.75 Å². The van der Waals surface area contributed by atoms with E-state index in [0.29, 0.717) is 5.69 Å². The molecule has 2 aromatic heterocycles. The van der Waals surface area contributed by atoms with E-state index in [-0.39, 0.29) is 16.5 Å². The quantitative estimate of drug-likeness (QED) is 0.759. The van der Waals surface area contributed by atoms with Gasteiger partial charge in [0.25, 0.3) is 10.0 Å². The molecule has 0 aliphatic carbocycles. The predicted molar refractivity (Wildman–Crippen MR) is 85.0 cm³/mol. The maximum Gasteiger partial charge on any atom is 0.267 e. The number of rotatable bonds is 4. The Hall–Kier alpha value is -2.87. The van der Waals surface area contributed by atoms with Crippen molar-refractivity contribution in [2.75, 3.05) is 11.8 Å². The summed E-state index contributed by atoms with van der Waals surface area (Å²) in [5, 5.41) is 10.3. The first kappa shape index (κ1) is 15.0. The van der Waals surface area contributed by atoms with Crippen LogP contribution < -0.4 is 9.46 Å². The largest absolute Gasteiger partial charge is 0.506 e. The third kappa shape index (κ3) is 3.02. The van der Waals surface area contributed by atoms with Gasteiger partial charge in [-0.3, -0.25) is 9.71 Å². The van der Waals surface area contributed by atoms with Crippen molar-refractivity contribution in [3.8, 4) is 11.6 Å². The van der Waals surface area contributed by atoms with Crippen LogP contribution in [0.25, 0.3) is 10.9 Å². The van der Waals surface area contributed by atoms with E-state index in [1.807, 2.05) is 24.3 Å². The Morgan fingerprint density at radius 2 is 1.91 bits per heavy atom. The molecule has 0 saturated heterocycles. The topological polar surface area (TPSA) is 101 Å². The molecule has 2 heterocycles. The molecule has 3 aromatic rings. The zero-order valence-electron chi connectivity index (χ0n) is 12.1. The summed E-state index contributed by atoms with van der Waals surface area (Å²) in [6.45, 7) is 0. The Balaban J connectivity index is 2.01. The van der Waals surface area contributed by atoms with Crippen LogP contribution in [-0.2, 0) is 10.0 Å². The minimum atomic E-state index is -3.98. The molecule has 0 saturated carbocycles. The molecule has 0 aliphatic heterocycles. The lowest BCUT2D eigenvalue weighted by molar-refractivity contribution is 0.380. The van der Waals surface area contributed by atoms with Gasteiger partial charge in [-0.25, -0.2) is 13.4 Å².